The number of carbonyl (C=O) groups excluding carboxylic acids is 1. The zero-order valence-corrected chi connectivity index (χ0v) is 13.9. The Morgan fingerprint density at radius 2 is 2.52 bits per heavy atom. The molecule has 0 bridgehead atoms. The van der Waals surface area contributed by atoms with E-state index in [1.54, 1.807) is 36.5 Å². The first kappa shape index (κ1) is 16.2. The molecule has 3 rings (SSSR count). The highest BCUT2D eigenvalue weighted by atomic mass is 32.1. The molecule has 2 aromatic heterocycles. The molecule has 1 fully saturated rings. The molecule has 23 heavy (non-hydrogen) atoms. The van der Waals surface area contributed by atoms with Crippen LogP contribution >= 0.6 is 11.3 Å². The maximum absolute atomic E-state index is 12.4. The summed E-state index contributed by atoms with van der Waals surface area (Å²) in [6, 6.07) is 3.76. The number of anilines is 1. The molecule has 124 valence electrons. The van der Waals surface area contributed by atoms with Crippen molar-refractivity contribution in [2.45, 2.75) is 31.4 Å². The smallest absolute Gasteiger partial charge is 0.242 e. The first-order valence-electron chi connectivity index (χ1n) is 7.76. The van der Waals surface area contributed by atoms with Gasteiger partial charge in [-0.25, -0.2) is 4.98 Å². The van der Waals surface area contributed by atoms with Crippen molar-refractivity contribution in [3.8, 4) is 0 Å². The van der Waals surface area contributed by atoms with E-state index in [-0.39, 0.29) is 11.9 Å². The number of likely N-dealkylation sites (N-methyl/N-ethyl adjacent to an activating group) is 1. The second-order valence-corrected chi connectivity index (χ2v) is 6.67. The number of carbonyl (C=O) groups is 1. The van der Waals surface area contributed by atoms with E-state index in [1.807, 2.05) is 5.38 Å². The maximum Gasteiger partial charge on any atom is 0.242 e. The van der Waals surface area contributed by atoms with Gasteiger partial charge in [-0.05, 0) is 37.9 Å². The van der Waals surface area contributed by atoms with E-state index >= 15 is 0 Å². The van der Waals surface area contributed by atoms with Gasteiger partial charge in [0.1, 0.15) is 11.9 Å². The molecule has 2 unspecified atom stereocenters. The minimum Gasteiger partial charge on any atom is -0.467 e. The van der Waals surface area contributed by atoms with Crippen molar-refractivity contribution in [1.82, 2.24) is 9.88 Å². The van der Waals surface area contributed by atoms with Crippen molar-refractivity contribution < 1.29 is 14.3 Å². The van der Waals surface area contributed by atoms with Gasteiger partial charge in [0.15, 0.2) is 5.13 Å². The van der Waals surface area contributed by atoms with E-state index in [0.29, 0.717) is 23.9 Å². The molecular weight excluding hydrogens is 314 g/mol. The predicted octanol–water partition coefficient (Wildman–Crippen LogP) is 2.29. The van der Waals surface area contributed by atoms with Crippen LogP contribution in [0.4, 0.5) is 5.13 Å². The fourth-order valence-electron chi connectivity index (χ4n) is 2.99. The summed E-state index contributed by atoms with van der Waals surface area (Å²) in [4.78, 5) is 20.3. The molecule has 1 N–H and O–H groups in total. The fraction of sp³-hybridized carbons (Fsp3) is 0.500. The molecule has 3 heterocycles. The van der Waals surface area contributed by atoms with Crippen LogP contribution in [0, 0.1) is 0 Å². The summed E-state index contributed by atoms with van der Waals surface area (Å²) in [5.74, 6) is 0.613. The first-order valence-corrected chi connectivity index (χ1v) is 8.64. The monoisotopic (exact) mass is 335 g/mol. The highest BCUT2D eigenvalue weighted by molar-refractivity contribution is 7.13. The average molecular weight is 335 g/mol. The van der Waals surface area contributed by atoms with Gasteiger partial charge in [0.25, 0.3) is 0 Å². The summed E-state index contributed by atoms with van der Waals surface area (Å²) in [6.45, 7) is 1.23. The van der Waals surface area contributed by atoms with Gasteiger partial charge in [0, 0.05) is 24.7 Å². The number of aromatic nitrogens is 1. The molecule has 0 aromatic carbocycles. The molecule has 7 heteroatoms. The molecule has 1 aliphatic heterocycles. The average Bonchev–Trinajstić information content (AvgIpc) is 3.29. The minimum absolute atomic E-state index is 0.0272. The van der Waals surface area contributed by atoms with Crippen molar-refractivity contribution in [1.29, 1.82) is 0 Å². The number of hydrogen-bond donors (Lipinski definition) is 1. The molecule has 0 aliphatic carbocycles. The van der Waals surface area contributed by atoms with Crippen LogP contribution in [0.15, 0.2) is 34.4 Å². The van der Waals surface area contributed by atoms with Crippen LogP contribution in [-0.4, -0.2) is 47.1 Å². The van der Waals surface area contributed by atoms with Crippen LogP contribution in [-0.2, 0) is 4.79 Å². The van der Waals surface area contributed by atoms with E-state index in [4.69, 9.17) is 4.42 Å². The third kappa shape index (κ3) is 3.80. The topological polar surface area (TPSA) is 69.8 Å². The summed E-state index contributed by atoms with van der Waals surface area (Å²) < 4.78 is 5.26. The number of likely N-dealkylation sites (tertiary alicyclic amines) is 1. The minimum atomic E-state index is -0.623. The Balaban J connectivity index is 1.57. The van der Waals surface area contributed by atoms with Crippen LogP contribution < -0.4 is 4.90 Å². The summed E-state index contributed by atoms with van der Waals surface area (Å²) in [7, 11) is 1.75. The van der Waals surface area contributed by atoms with Gasteiger partial charge >= 0.3 is 0 Å². The van der Waals surface area contributed by atoms with E-state index < -0.39 is 6.10 Å². The standard InChI is InChI=1S/C16H21N3O3S/c1-18(16-17-6-9-23-16)15(21)11-19-7-2-4-12(19)10-13(20)14-5-3-8-22-14/h3,5-6,8-9,12-13,20H,2,4,7,10-11H2,1H3. The van der Waals surface area contributed by atoms with E-state index in [1.165, 1.54) is 11.3 Å². The van der Waals surface area contributed by atoms with E-state index in [9.17, 15) is 9.90 Å². The molecule has 1 aliphatic rings. The SMILES string of the molecule is CN(C(=O)CN1CCCC1CC(O)c1ccco1)c1nccs1. The highest BCUT2D eigenvalue weighted by Crippen LogP contribution is 2.27. The Labute approximate surface area is 139 Å². The number of furan rings is 1. The van der Waals surface area contributed by atoms with Gasteiger partial charge in [-0.2, -0.15) is 0 Å². The molecule has 6 nitrogen and oxygen atoms in total. The largest absolute Gasteiger partial charge is 0.467 e. The molecule has 0 saturated carbocycles. The van der Waals surface area contributed by atoms with Crippen molar-refractivity contribution in [3.05, 3.63) is 35.7 Å². The summed E-state index contributed by atoms with van der Waals surface area (Å²) in [5, 5.41) is 12.8. The number of rotatable bonds is 6. The summed E-state index contributed by atoms with van der Waals surface area (Å²) in [6.07, 6.45) is 5.26. The number of thiazole rings is 1. The van der Waals surface area contributed by atoms with Gasteiger partial charge < -0.3 is 9.52 Å². The highest BCUT2D eigenvalue weighted by Gasteiger charge is 2.30. The zero-order valence-electron chi connectivity index (χ0n) is 13.1. The lowest BCUT2D eigenvalue weighted by Crippen LogP contribution is -2.41. The third-order valence-corrected chi connectivity index (χ3v) is 5.13. The van der Waals surface area contributed by atoms with Gasteiger partial charge in [-0.3, -0.25) is 14.6 Å². The lowest BCUT2D eigenvalue weighted by Gasteiger charge is -2.26. The quantitative estimate of drug-likeness (QED) is 0.877. The van der Waals surface area contributed by atoms with Crippen LogP contribution in [0.3, 0.4) is 0 Å². The number of nitrogens with zero attached hydrogens (tertiary/aromatic N) is 3. The van der Waals surface area contributed by atoms with Crippen molar-refractivity contribution in [2.24, 2.45) is 0 Å². The number of hydrogen-bond acceptors (Lipinski definition) is 6. The van der Waals surface area contributed by atoms with Crippen LogP contribution in [0.25, 0.3) is 0 Å². The van der Waals surface area contributed by atoms with Crippen LogP contribution in [0.1, 0.15) is 31.1 Å². The lowest BCUT2D eigenvalue weighted by atomic mass is 10.1. The van der Waals surface area contributed by atoms with Crippen molar-refractivity contribution >= 4 is 22.4 Å². The van der Waals surface area contributed by atoms with Gasteiger partial charge in [-0.1, -0.05) is 0 Å². The summed E-state index contributed by atoms with van der Waals surface area (Å²) in [5.41, 5.74) is 0. The molecule has 2 aromatic rings. The molecular formula is C16H21N3O3S. The number of amides is 1. The van der Waals surface area contributed by atoms with Gasteiger partial charge in [0.05, 0.1) is 12.8 Å². The second kappa shape index (κ2) is 7.25. The van der Waals surface area contributed by atoms with Gasteiger partial charge in [-0.15, -0.1) is 11.3 Å². The predicted molar refractivity (Wildman–Crippen MR) is 88.4 cm³/mol. The second-order valence-electron chi connectivity index (χ2n) is 5.80. The normalized spacial score (nSPS) is 19.8. The number of aliphatic hydroxyl groups excluding tert-OH is 1. The molecule has 1 amide bonds. The molecule has 0 spiro atoms. The van der Waals surface area contributed by atoms with E-state index in [0.717, 1.165) is 19.4 Å². The molecule has 0 radical (unpaired) electrons. The summed E-state index contributed by atoms with van der Waals surface area (Å²) >= 11 is 1.45. The Kier molecular flexibility index (Phi) is 5.09. The number of aliphatic hydroxyl groups is 1. The molecule has 2 atom stereocenters. The fourth-order valence-corrected chi connectivity index (χ4v) is 3.62. The van der Waals surface area contributed by atoms with E-state index in [2.05, 4.69) is 9.88 Å². The van der Waals surface area contributed by atoms with Crippen LogP contribution in [0.5, 0.6) is 0 Å². The molecule has 1 saturated heterocycles. The van der Waals surface area contributed by atoms with Gasteiger partial charge in [0.2, 0.25) is 5.91 Å². The lowest BCUT2D eigenvalue weighted by molar-refractivity contribution is -0.119. The Morgan fingerprint density at radius 1 is 1.65 bits per heavy atom. The van der Waals surface area contributed by atoms with Crippen molar-refractivity contribution in [2.75, 3.05) is 25.0 Å². The Bertz CT molecular complexity index is 615. The maximum atomic E-state index is 12.4. The Hall–Kier alpha value is -1.70. The third-order valence-electron chi connectivity index (χ3n) is 4.28. The van der Waals surface area contributed by atoms with Crippen molar-refractivity contribution in [3.63, 3.8) is 0 Å². The first-order chi connectivity index (χ1) is 11.1. The Morgan fingerprint density at radius 3 is 3.22 bits per heavy atom. The zero-order chi connectivity index (χ0) is 16.2. The van der Waals surface area contributed by atoms with Crippen LogP contribution in [0.2, 0.25) is 0 Å².